The Balaban J connectivity index is 1.36. The minimum absolute atomic E-state index is 0.0832. The van der Waals surface area contributed by atoms with Gasteiger partial charge in [-0.2, -0.15) is 0 Å². The molecule has 32 heavy (non-hydrogen) atoms. The second kappa shape index (κ2) is 9.67. The Bertz CT molecular complexity index is 1020. The molecule has 0 bridgehead atoms. The number of ether oxygens (including phenoxy) is 2. The van der Waals surface area contributed by atoms with E-state index in [1.807, 2.05) is 24.3 Å². The summed E-state index contributed by atoms with van der Waals surface area (Å²) in [5.74, 6) is 1.21. The molecule has 0 amide bonds. The highest BCUT2D eigenvalue weighted by molar-refractivity contribution is 6.01. The van der Waals surface area contributed by atoms with Crippen molar-refractivity contribution in [3.8, 4) is 11.5 Å². The predicted molar refractivity (Wildman–Crippen MR) is 122 cm³/mol. The minimum Gasteiger partial charge on any atom is -0.497 e. The Kier molecular flexibility index (Phi) is 6.72. The second-order valence-corrected chi connectivity index (χ2v) is 8.54. The second-order valence-electron chi connectivity index (χ2n) is 8.54. The van der Waals surface area contributed by atoms with Crippen molar-refractivity contribution in [3.63, 3.8) is 0 Å². The molecule has 6 nitrogen and oxygen atoms in total. The summed E-state index contributed by atoms with van der Waals surface area (Å²) in [4.78, 5) is 26.6. The number of benzene rings is 2. The molecule has 1 fully saturated rings. The number of carbonyl (C=O) groups excluding carboxylic acids is 2. The smallest absolute Gasteiger partial charge is 0.181 e. The number of fused-ring (bicyclic) bond motifs is 1. The largest absolute Gasteiger partial charge is 0.497 e. The predicted octanol–water partition coefficient (Wildman–Crippen LogP) is 3.31. The summed E-state index contributed by atoms with van der Waals surface area (Å²) in [6.45, 7) is 2.24. The highest BCUT2D eigenvalue weighted by atomic mass is 16.5. The third-order valence-corrected chi connectivity index (χ3v) is 6.35. The van der Waals surface area contributed by atoms with E-state index >= 15 is 0 Å². The lowest BCUT2D eigenvalue weighted by molar-refractivity contribution is -0.117. The lowest BCUT2D eigenvalue weighted by Crippen LogP contribution is -2.51. The van der Waals surface area contributed by atoms with Crippen molar-refractivity contribution in [2.24, 2.45) is 0 Å². The molecule has 0 atom stereocenters. The Morgan fingerprint density at radius 3 is 2.78 bits per heavy atom. The molecule has 1 spiro atoms. The van der Waals surface area contributed by atoms with E-state index in [0.717, 1.165) is 50.2 Å². The summed E-state index contributed by atoms with van der Waals surface area (Å²) in [5, 5.41) is 8.84. The molecule has 2 aromatic rings. The van der Waals surface area contributed by atoms with Crippen LogP contribution in [0.4, 0.5) is 0 Å². The Morgan fingerprint density at radius 2 is 2.03 bits per heavy atom. The highest BCUT2D eigenvalue weighted by Gasteiger charge is 2.42. The summed E-state index contributed by atoms with van der Waals surface area (Å²) in [7, 11) is 1.68. The first-order valence-corrected chi connectivity index (χ1v) is 11.0. The zero-order chi connectivity index (χ0) is 22.6. The molecule has 4 rings (SSSR count). The van der Waals surface area contributed by atoms with Gasteiger partial charge in [-0.15, -0.1) is 0 Å². The topological polar surface area (TPSA) is 76.1 Å². The van der Waals surface area contributed by atoms with Crippen LogP contribution >= 0.6 is 0 Å². The van der Waals surface area contributed by atoms with E-state index in [1.54, 1.807) is 19.3 Å². The average molecular weight is 436 g/mol. The van der Waals surface area contributed by atoms with Crippen molar-refractivity contribution in [2.75, 3.05) is 33.4 Å². The number of nitrogens with zero attached hydrogens (tertiary/aromatic N) is 1. The molecule has 0 radical (unpaired) electrons. The summed E-state index contributed by atoms with van der Waals surface area (Å²) in [6, 6.07) is 13.6. The first-order valence-electron chi connectivity index (χ1n) is 11.0. The third kappa shape index (κ3) is 5.09. The molecule has 0 aliphatic carbocycles. The first-order chi connectivity index (χ1) is 15.5. The van der Waals surface area contributed by atoms with Gasteiger partial charge in [-0.25, -0.2) is 0 Å². The zero-order valence-electron chi connectivity index (χ0n) is 18.4. The number of aliphatic hydroxyl groups excluding tert-OH is 1. The molecular weight excluding hydrogens is 406 g/mol. The number of carbonyl (C=O) groups is 2. The Labute approximate surface area is 188 Å². The molecule has 2 aromatic carbocycles. The lowest BCUT2D eigenvalue weighted by atomic mass is 9.82. The van der Waals surface area contributed by atoms with E-state index in [0.29, 0.717) is 17.7 Å². The van der Waals surface area contributed by atoms with Crippen molar-refractivity contribution >= 4 is 17.6 Å². The number of piperidine rings is 1. The van der Waals surface area contributed by atoms with E-state index in [2.05, 4.69) is 17.0 Å². The number of ketones is 2. The van der Waals surface area contributed by atoms with Crippen LogP contribution in [-0.4, -0.2) is 60.5 Å². The summed E-state index contributed by atoms with van der Waals surface area (Å²) in [5.41, 5.74) is 2.13. The number of rotatable bonds is 7. The molecule has 2 aliphatic rings. The number of hydrogen-bond donors (Lipinski definition) is 1. The van der Waals surface area contributed by atoms with Gasteiger partial charge in [-0.3, -0.25) is 9.59 Å². The maximum atomic E-state index is 12.9. The van der Waals surface area contributed by atoms with Crippen LogP contribution in [0.1, 0.15) is 40.7 Å². The Morgan fingerprint density at radius 1 is 1.22 bits per heavy atom. The van der Waals surface area contributed by atoms with Crippen molar-refractivity contribution in [3.05, 3.63) is 65.2 Å². The molecule has 1 N–H and O–H groups in total. The van der Waals surface area contributed by atoms with Gasteiger partial charge in [-0.05, 0) is 47.9 Å². The van der Waals surface area contributed by atoms with E-state index in [-0.39, 0.29) is 11.6 Å². The van der Waals surface area contributed by atoms with Crippen LogP contribution < -0.4 is 9.47 Å². The highest BCUT2D eigenvalue weighted by Crippen LogP contribution is 2.39. The van der Waals surface area contributed by atoms with Crippen LogP contribution in [0.5, 0.6) is 11.5 Å². The lowest BCUT2D eigenvalue weighted by Gasteiger charge is -2.44. The monoisotopic (exact) mass is 435 g/mol. The van der Waals surface area contributed by atoms with Crippen LogP contribution in [-0.2, 0) is 11.2 Å². The number of methoxy groups -OCH3 is 1. The van der Waals surface area contributed by atoms with Crippen molar-refractivity contribution in [1.82, 2.24) is 4.90 Å². The Hall–Kier alpha value is -2.96. The molecule has 168 valence electrons. The normalized spacial score (nSPS) is 17.9. The summed E-state index contributed by atoms with van der Waals surface area (Å²) >= 11 is 0. The van der Waals surface area contributed by atoms with Gasteiger partial charge in [-0.1, -0.05) is 24.3 Å². The molecule has 0 aromatic heterocycles. The standard InChI is InChI=1S/C26H29NO5/c1-31-22-4-2-3-19(15-22)9-12-27-13-10-26(11-14-27)17-24(30)23-16-20(5-7-21(29)18-28)6-8-25(23)32-26/h2-8,15-16,28H,9-14,17-18H2,1H3/b7-5+. The fraction of sp³-hybridized carbons (Fsp3) is 0.385. The SMILES string of the molecule is COc1cccc(CCN2CCC3(CC2)CC(=O)c2cc(/C=C/C(=O)CO)ccc2O3)c1. The van der Waals surface area contributed by atoms with Crippen LogP contribution in [0.25, 0.3) is 6.08 Å². The number of aliphatic hydroxyl groups is 1. The van der Waals surface area contributed by atoms with Crippen LogP contribution in [0.3, 0.4) is 0 Å². The molecule has 1 saturated heterocycles. The van der Waals surface area contributed by atoms with Gasteiger partial charge in [0, 0.05) is 32.5 Å². The average Bonchev–Trinajstić information content (AvgIpc) is 2.82. The summed E-state index contributed by atoms with van der Waals surface area (Å²) < 4.78 is 11.7. The maximum absolute atomic E-state index is 12.9. The molecular formula is C26H29NO5. The molecule has 2 heterocycles. The van der Waals surface area contributed by atoms with Crippen molar-refractivity contribution in [2.45, 2.75) is 31.3 Å². The molecule has 2 aliphatic heterocycles. The zero-order valence-corrected chi connectivity index (χ0v) is 18.4. The summed E-state index contributed by atoms with van der Waals surface area (Å²) in [6.07, 6.45) is 5.91. The van der Waals surface area contributed by atoms with Gasteiger partial charge in [0.15, 0.2) is 11.6 Å². The van der Waals surface area contributed by atoms with Crippen molar-refractivity contribution < 1.29 is 24.2 Å². The van der Waals surface area contributed by atoms with E-state index in [1.165, 1.54) is 11.6 Å². The number of hydrogen-bond acceptors (Lipinski definition) is 6. The van der Waals surface area contributed by atoms with Crippen LogP contribution in [0.2, 0.25) is 0 Å². The maximum Gasteiger partial charge on any atom is 0.181 e. The fourth-order valence-corrected chi connectivity index (χ4v) is 4.44. The quantitative estimate of drug-likeness (QED) is 0.673. The first kappa shape index (κ1) is 22.2. The molecule has 0 unspecified atom stereocenters. The van der Waals surface area contributed by atoms with Gasteiger partial charge >= 0.3 is 0 Å². The fourth-order valence-electron chi connectivity index (χ4n) is 4.44. The van der Waals surface area contributed by atoms with Gasteiger partial charge < -0.3 is 19.5 Å². The number of Topliss-reactive ketones (excluding diaryl/α,β-unsaturated/α-hetero) is 1. The van der Waals surface area contributed by atoms with Gasteiger partial charge in [0.25, 0.3) is 0 Å². The van der Waals surface area contributed by atoms with E-state index in [4.69, 9.17) is 14.6 Å². The minimum atomic E-state index is -0.525. The van der Waals surface area contributed by atoms with Gasteiger partial charge in [0.05, 0.1) is 19.1 Å². The van der Waals surface area contributed by atoms with Gasteiger partial charge in [0.1, 0.15) is 23.7 Å². The van der Waals surface area contributed by atoms with Crippen LogP contribution in [0, 0.1) is 0 Å². The number of likely N-dealkylation sites (tertiary alicyclic amines) is 1. The van der Waals surface area contributed by atoms with E-state index in [9.17, 15) is 9.59 Å². The molecule has 0 saturated carbocycles. The van der Waals surface area contributed by atoms with Gasteiger partial charge in [0.2, 0.25) is 0 Å². The molecule has 6 heteroatoms. The van der Waals surface area contributed by atoms with E-state index < -0.39 is 12.2 Å². The third-order valence-electron chi connectivity index (χ3n) is 6.35. The van der Waals surface area contributed by atoms with Crippen LogP contribution in [0.15, 0.2) is 48.5 Å². The van der Waals surface area contributed by atoms with Crippen molar-refractivity contribution in [1.29, 1.82) is 0 Å².